The van der Waals surface area contributed by atoms with Crippen molar-refractivity contribution in [1.29, 1.82) is 0 Å². The Hall–Kier alpha value is -1.18. The second-order valence-electron chi connectivity index (χ2n) is 4.12. The normalized spacial score (nSPS) is 11.4. The van der Waals surface area contributed by atoms with Crippen molar-refractivity contribution in [1.82, 2.24) is 9.97 Å². The number of aromatic nitrogens is 2. The van der Waals surface area contributed by atoms with Crippen molar-refractivity contribution < 1.29 is 0 Å². The molecule has 2 nitrogen and oxygen atoms in total. The fourth-order valence-corrected chi connectivity index (χ4v) is 4.33. The fraction of sp³-hybridized carbons (Fsp3) is 0.231. The molecule has 0 aliphatic rings. The quantitative estimate of drug-likeness (QED) is 0.590. The SMILES string of the molecule is Cc1cc(C)c2c(ccc3nc(C)[se]c32)n1. The van der Waals surface area contributed by atoms with Gasteiger partial charge in [-0.05, 0) is 0 Å². The Morgan fingerprint density at radius 2 is 1.75 bits per heavy atom. The first-order chi connectivity index (χ1) is 7.65. The van der Waals surface area contributed by atoms with Crippen molar-refractivity contribution in [2.24, 2.45) is 0 Å². The molecule has 1 aromatic carbocycles. The predicted molar refractivity (Wildman–Crippen MR) is 68.2 cm³/mol. The van der Waals surface area contributed by atoms with E-state index in [1.54, 1.807) is 0 Å². The van der Waals surface area contributed by atoms with Crippen LogP contribution in [0.5, 0.6) is 0 Å². The van der Waals surface area contributed by atoms with Crippen LogP contribution in [-0.4, -0.2) is 24.5 Å². The van der Waals surface area contributed by atoms with Gasteiger partial charge in [-0.1, -0.05) is 0 Å². The zero-order valence-corrected chi connectivity index (χ0v) is 11.2. The van der Waals surface area contributed by atoms with Crippen molar-refractivity contribution in [3.8, 4) is 0 Å². The first-order valence-corrected chi connectivity index (χ1v) is 7.00. The number of rotatable bonds is 0. The molecule has 0 aliphatic carbocycles. The summed E-state index contributed by atoms with van der Waals surface area (Å²) in [5.41, 5.74) is 4.68. The maximum atomic E-state index is 4.60. The molecule has 16 heavy (non-hydrogen) atoms. The van der Waals surface area contributed by atoms with Gasteiger partial charge in [-0.3, -0.25) is 0 Å². The standard InChI is InChI=1S/C13H12N2Se/c1-7-6-8(2)14-10-4-5-11-13(12(7)10)16-9(3)15-11/h4-6H,1-3H3. The van der Waals surface area contributed by atoms with E-state index in [4.69, 9.17) is 0 Å². The zero-order valence-electron chi connectivity index (χ0n) is 9.53. The van der Waals surface area contributed by atoms with E-state index in [0.29, 0.717) is 14.5 Å². The Bertz CT molecular complexity index is 698. The number of aryl methyl sites for hydroxylation is 3. The summed E-state index contributed by atoms with van der Waals surface area (Å²) >= 11 is 0.385. The van der Waals surface area contributed by atoms with Crippen LogP contribution >= 0.6 is 0 Å². The third-order valence-corrected chi connectivity index (χ3v) is 4.87. The first kappa shape index (κ1) is 10.0. The van der Waals surface area contributed by atoms with Crippen molar-refractivity contribution in [2.45, 2.75) is 20.8 Å². The van der Waals surface area contributed by atoms with Gasteiger partial charge in [0.1, 0.15) is 0 Å². The van der Waals surface area contributed by atoms with Crippen LogP contribution in [0.1, 0.15) is 15.8 Å². The molecule has 80 valence electrons. The van der Waals surface area contributed by atoms with Crippen molar-refractivity contribution in [3.63, 3.8) is 0 Å². The van der Waals surface area contributed by atoms with Gasteiger partial charge in [-0.25, -0.2) is 0 Å². The number of benzene rings is 1. The molecule has 2 aromatic heterocycles. The summed E-state index contributed by atoms with van der Waals surface area (Å²) in [6.07, 6.45) is 0. The van der Waals surface area contributed by atoms with Crippen molar-refractivity contribution >= 4 is 35.2 Å². The molecule has 0 N–H and O–H groups in total. The minimum atomic E-state index is 0.385. The zero-order chi connectivity index (χ0) is 11.3. The Morgan fingerprint density at radius 3 is 2.56 bits per heavy atom. The number of nitrogens with zero attached hydrogens (tertiary/aromatic N) is 2. The fourth-order valence-electron chi connectivity index (χ4n) is 2.17. The topological polar surface area (TPSA) is 25.8 Å². The molecule has 0 aliphatic heterocycles. The van der Waals surface area contributed by atoms with E-state index in [0.717, 1.165) is 16.7 Å². The van der Waals surface area contributed by atoms with Gasteiger partial charge in [-0.15, -0.1) is 0 Å². The molecule has 0 amide bonds. The number of hydrogen-bond donors (Lipinski definition) is 0. The Labute approximate surface area is 100 Å². The van der Waals surface area contributed by atoms with Gasteiger partial charge < -0.3 is 0 Å². The van der Waals surface area contributed by atoms with E-state index in [9.17, 15) is 0 Å². The van der Waals surface area contributed by atoms with E-state index in [2.05, 4.69) is 42.0 Å². The molecule has 3 aromatic rings. The van der Waals surface area contributed by atoms with Gasteiger partial charge >= 0.3 is 99.9 Å². The van der Waals surface area contributed by atoms with E-state index >= 15 is 0 Å². The summed E-state index contributed by atoms with van der Waals surface area (Å²) in [6.45, 7) is 6.33. The number of hydrogen-bond acceptors (Lipinski definition) is 2. The summed E-state index contributed by atoms with van der Waals surface area (Å²) in [5, 5.41) is 1.32. The summed E-state index contributed by atoms with van der Waals surface area (Å²) in [4.78, 5) is 9.18. The molecule has 0 spiro atoms. The molecule has 2 heterocycles. The molecule has 0 saturated carbocycles. The number of fused-ring (bicyclic) bond motifs is 3. The van der Waals surface area contributed by atoms with E-state index in [1.165, 1.54) is 19.8 Å². The van der Waals surface area contributed by atoms with Gasteiger partial charge in [-0.2, -0.15) is 0 Å². The number of pyridine rings is 1. The molecular weight excluding hydrogens is 263 g/mol. The van der Waals surface area contributed by atoms with Crippen LogP contribution in [0.4, 0.5) is 0 Å². The van der Waals surface area contributed by atoms with Crippen LogP contribution < -0.4 is 0 Å². The van der Waals surface area contributed by atoms with Gasteiger partial charge in [0.2, 0.25) is 0 Å². The van der Waals surface area contributed by atoms with Crippen molar-refractivity contribution in [3.05, 3.63) is 34.0 Å². The summed E-state index contributed by atoms with van der Waals surface area (Å²) in [5.74, 6) is 0. The molecule has 3 heteroatoms. The van der Waals surface area contributed by atoms with Crippen LogP contribution in [0.3, 0.4) is 0 Å². The van der Waals surface area contributed by atoms with E-state index < -0.39 is 0 Å². The Kier molecular flexibility index (Phi) is 2.13. The molecule has 0 fully saturated rings. The van der Waals surface area contributed by atoms with Crippen LogP contribution in [-0.2, 0) is 0 Å². The average molecular weight is 275 g/mol. The van der Waals surface area contributed by atoms with E-state index in [-0.39, 0.29) is 0 Å². The Morgan fingerprint density at radius 1 is 1.00 bits per heavy atom. The second kappa shape index (κ2) is 3.41. The molecular formula is C13H12N2Se. The van der Waals surface area contributed by atoms with Gasteiger partial charge in [0.15, 0.2) is 0 Å². The van der Waals surface area contributed by atoms with E-state index in [1.807, 2.05) is 6.92 Å². The van der Waals surface area contributed by atoms with Gasteiger partial charge in [0.25, 0.3) is 0 Å². The van der Waals surface area contributed by atoms with Gasteiger partial charge in [0.05, 0.1) is 0 Å². The third-order valence-electron chi connectivity index (χ3n) is 2.76. The van der Waals surface area contributed by atoms with Crippen LogP contribution in [0.2, 0.25) is 0 Å². The maximum absolute atomic E-state index is 4.60. The third kappa shape index (κ3) is 1.40. The molecule has 3 rings (SSSR count). The van der Waals surface area contributed by atoms with Crippen molar-refractivity contribution in [2.75, 3.05) is 0 Å². The summed E-state index contributed by atoms with van der Waals surface area (Å²) < 4.78 is 2.67. The Balaban J connectivity index is 2.59. The average Bonchev–Trinajstić information content (AvgIpc) is 2.56. The molecule has 0 atom stereocenters. The van der Waals surface area contributed by atoms with Gasteiger partial charge in [0, 0.05) is 0 Å². The first-order valence-electron chi connectivity index (χ1n) is 5.29. The molecule has 0 saturated heterocycles. The molecule has 0 radical (unpaired) electrons. The van der Waals surface area contributed by atoms with Crippen LogP contribution in [0.25, 0.3) is 20.7 Å². The summed E-state index contributed by atoms with van der Waals surface area (Å²) in [6, 6.07) is 6.35. The molecule has 0 unspecified atom stereocenters. The second-order valence-corrected chi connectivity index (χ2v) is 6.65. The predicted octanol–water partition coefficient (Wildman–Crippen LogP) is 2.77. The molecule has 0 bridgehead atoms. The van der Waals surface area contributed by atoms with Crippen LogP contribution in [0, 0.1) is 20.8 Å². The monoisotopic (exact) mass is 276 g/mol. The van der Waals surface area contributed by atoms with Crippen LogP contribution in [0.15, 0.2) is 18.2 Å². The summed E-state index contributed by atoms with van der Waals surface area (Å²) in [7, 11) is 0. The minimum absolute atomic E-state index is 0.385.